The predicted molar refractivity (Wildman–Crippen MR) is 132 cm³/mol. The fourth-order valence-corrected chi connectivity index (χ4v) is 10.1. The van der Waals surface area contributed by atoms with E-state index in [9.17, 15) is 19.5 Å². The van der Waals surface area contributed by atoms with Gasteiger partial charge in [0.15, 0.2) is 0 Å². The molecule has 7 atom stereocenters. The third-order valence-corrected chi connectivity index (χ3v) is 11.8. The minimum absolute atomic E-state index is 0.0194. The van der Waals surface area contributed by atoms with Crippen LogP contribution in [0.4, 0.5) is 4.39 Å². The molecular weight excluding hydrogens is 605 g/mol. The Hall–Kier alpha value is -0.831. The van der Waals surface area contributed by atoms with Crippen molar-refractivity contribution in [2.45, 2.75) is 70.2 Å². The van der Waals surface area contributed by atoms with Gasteiger partial charge >= 0.3 is 215 Å². The normalized spacial score (nSPS) is 43.9. The summed E-state index contributed by atoms with van der Waals surface area (Å²) in [6, 6.07) is 0. The van der Waals surface area contributed by atoms with Gasteiger partial charge in [0.05, 0.1) is 0 Å². The fourth-order valence-electron chi connectivity index (χ4n) is 7.16. The second-order valence-corrected chi connectivity index (χ2v) is 15.2. The van der Waals surface area contributed by atoms with Crippen molar-refractivity contribution in [2.24, 2.45) is 22.7 Å². The summed E-state index contributed by atoms with van der Waals surface area (Å²) in [6.45, 7) is 9.51. The number of aliphatic hydroxyl groups excluding tert-OH is 1. The Morgan fingerprint density at radius 3 is 2.70 bits per heavy atom. The van der Waals surface area contributed by atoms with E-state index in [-0.39, 0.29) is 29.2 Å². The number of allylic oxidation sites excluding steroid dienone is 4. The number of halogens is 2. The van der Waals surface area contributed by atoms with Gasteiger partial charge in [0, 0.05) is 0 Å². The van der Waals surface area contributed by atoms with E-state index in [0.29, 0.717) is 33.7 Å². The monoisotopic (exact) mass is 636 g/mol. The van der Waals surface area contributed by atoms with Crippen LogP contribution < -0.4 is 0 Å². The van der Waals surface area contributed by atoms with Crippen molar-refractivity contribution >= 4 is 54.0 Å². The van der Waals surface area contributed by atoms with Gasteiger partial charge in [-0.15, -0.1) is 0 Å². The van der Waals surface area contributed by atoms with Gasteiger partial charge in [-0.25, -0.2) is 0 Å². The fraction of sp³-hybridized carbons (Fsp3) is 0.640. The van der Waals surface area contributed by atoms with E-state index >= 15 is 4.39 Å². The molecule has 8 heteroatoms. The number of esters is 1. The average Bonchev–Trinajstić information content (AvgIpc) is 2.97. The van der Waals surface area contributed by atoms with Crippen LogP contribution in [0.25, 0.3) is 0 Å². The van der Waals surface area contributed by atoms with Crippen LogP contribution in [-0.2, 0) is 19.1 Å². The van der Waals surface area contributed by atoms with Gasteiger partial charge in [-0.3, -0.25) is 0 Å². The van der Waals surface area contributed by atoms with Gasteiger partial charge in [0.2, 0.25) is 0 Å². The Kier molecular flexibility index (Phi) is 6.42. The Bertz CT molecular complexity index is 993. The number of carbonyl (C=O) groups is 3. The summed E-state index contributed by atoms with van der Waals surface area (Å²) in [5.74, 6) is -1.53. The van der Waals surface area contributed by atoms with Crippen LogP contribution in [0.1, 0.15) is 52.9 Å². The summed E-state index contributed by atoms with van der Waals surface area (Å²) in [4.78, 5) is 38.2. The van der Waals surface area contributed by atoms with E-state index < -0.39 is 55.0 Å². The standard InChI is InChI=1S/C25H30FIO5Se/c1-5-20(30)32-25(21(31)33-13-27)14(2)10-18-17-7-6-15-11-16(28)8-9-22(15,3)24(17,26)19(29)12-23(18,25)4/h8-9,11,17-19,29H,2,5-7,10,12-13H2,1,3-4H3/t17-,18-,19-,22-,23-,24-,25-/m0/s1. The summed E-state index contributed by atoms with van der Waals surface area (Å²) < 4.78 is 23.7. The van der Waals surface area contributed by atoms with Crippen LogP contribution >= 0.6 is 22.6 Å². The maximum atomic E-state index is 17.3. The number of carbonyl (C=O) groups excluding carboxylic acids is 3. The molecule has 0 aromatic rings. The van der Waals surface area contributed by atoms with Crippen LogP contribution in [0.5, 0.6) is 0 Å². The first-order valence-corrected chi connectivity index (χ1v) is 15.0. The molecule has 0 saturated heterocycles. The van der Waals surface area contributed by atoms with E-state index in [1.807, 2.05) is 6.92 Å². The molecule has 0 amide bonds. The summed E-state index contributed by atoms with van der Waals surface area (Å²) >= 11 is 1.71. The van der Waals surface area contributed by atoms with Gasteiger partial charge in [0.25, 0.3) is 0 Å². The molecule has 3 fully saturated rings. The molecule has 180 valence electrons. The van der Waals surface area contributed by atoms with E-state index in [1.165, 1.54) is 12.2 Å². The SMILES string of the molecule is C=C1C[C@H]2[C@@H]3CCC4=CC(=O)C=C[C@]4(C)[C@@]3(F)[C@@H](O)C[C@]2(C)[C@@]1(OC(=O)CC)C(=O)[Se]CI. The second-order valence-electron chi connectivity index (χ2n) is 10.1. The van der Waals surface area contributed by atoms with Gasteiger partial charge in [-0.05, 0) is 0 Å². The Labute approximate surface area is 214 Å². The third-order valence-electron chi connectivity index (χ3n) is 8.83. The topological polar surface area (TPSA) is 80.7 Å². The molecule has 4 aliphatic carbocycles. The van der Waals surface area contributed by atoms with Crippen LogP contribution in [0, 0.1) is 22.7 Å². The number of hydrogen-bond acceptors (Lipinski definition) is 5. The summed E-state index contributed by atoms with van der Waals surface area (Å²) in [7, 11) is 0. The third kappa shape index (κ3) is 3.19. The van der Waals surface area contributed by atoms with Gasteiger partial charge < -0.3 is 0 Å². The Morgan fingerprint density at radius 1 is 1.36 bits per heavy atom. The molecule has 0 aromatic carbocycles. The van der Waals surface area contributed by atoms with E-state index in [4.69, 9.17) is 4.74 Å². The van der Waals surface area contributed by atoms with Crippen molar-refractivity contribution in [1.29, 1.82) is 0 Å². The molecule has 3 saturated carbocycles. The molecule has 0 spiro atoms. The molecule has 0 unspecified atom stereocenters. The van der Waals surface area contributed by atoms with Gasteiger partial charge in [-0.2, -0.15) is 0 Å². The number of hydrogen-bond donors (Lipinski definition) is 1. The Balaban J connectivity index is 1.85. The zero-order valence-corrected chi connectivity index (χ0v) is 23.0. The summed E-state index contributed by atoms with van der Waals surface area (Å²) in [5.41, 5.74) is -4.36. The van der Waals surface area contributed by atoms with Gasteiger partial charge in [0.1, 0.15) is 0 Å². The van der Waals surface area contributed by atoms with Gasteiger partial charge in [-0.1, -0.05) is 0 Å². The van der Waals surface area contributed by atoms with Crippen molar-refractivity contribution in [2.75, 3.05) is 3.33 Å². The molecule has 33 heavy (non-hydrogen) atoms. The molecule has 0 aliphatic heterocycles. The summed E-state index contributed by atoms with van der Waals surface area (Å²) in [6.07, 6.45) is 4.58. The number of fused-ring (bicyclic) bond motifs is 5. The van der Waals surface area contributed by atoms with Crippen molar-refractivity contribution in [3.8, 4) is 0 Å². The molecule has 4 aliphatic rings. The van der Waals surface area contributed by atoms with Crippen LogP contribution in [0.15, 0.2) is 36.0 Å². The average molecular weight is 635 g/mol. The van der Waals surface area contributed by atoms with Crippen molar-refractivity contribution in [1.82, 2.24) is 0 Å². The zero-order valence-electron chi connectivity index (χ0n) is 19.2. The van der Waals surface area contributed by atoms with Crippen LogP contribution in [0.2, 0.25) is 0 Å². The van der Waals surface area contributed by atoms with E-state index in [2.05, 4.69) is 29.2 Å². The van der Waals surface area contributed by atoms with Crippen molar-refractivity contribution in [3.63, 3.8) is 0 Å². The molecule has 0 bridgehead atoms. The first-order chi connectivity index (χ1) is 15.4. The van der Waals surface area contributed by atoms with E-state index in [0.717, 1.165) is 0 Å². The number of aliphatic hydroxyl groups is 1. The number of alkyl halides is 2. The first kappa shape index (κ1) is 25.3. The first-order valence-electron chi connectivity index (χ1n) is 11.4. The molecular formula is C25H30FIO5Se. The number of ketones is 1. The minimum atomic E-state index is -2.00. The second kappa shape index (κ2) is 8.38. The zero-order chi connectivity index (χ0) is 24.4. The molecule has 0 radical (unpaired) electrons. The molecule has 0 heterocycles. The number of ether oxygens (including phenoxy) is 1. The van der Waals surface area contributed by atoms with Crippen LogP contribution in [0.3, 0.4) is 0 Å². The van der Waals surface area contributed by atoms with Crippen molar-refractivity contribution in [3.05, 3.63) is 36.0 Å². The van der Waals surface area contributed by atoms with Crippen LogP contribution in [-0.4, -0.2) is 57.2 Å². The predicted octanol–water partition coefficient (Wildman–Crippen LogP) is 3.84. The maximum absolute atomic E-state index is 17.3. The quantitative estimate of drug-likeness (QED) is 0.163. The molecule has 5 nitrogen and oxygen atoms in total. The molecule has 0 aromatic heterocycles. The summed E-state index contributed by atoms with van der Waals surface area (Å²) in [5, 5.41) is 11.5. The molecule has 1 N–H and O–H groups in total. The number of rotatable bonds is 5. The Morgan fingerprint density at radius 2 is 2.06 bits per heavy atom. The van der Waals surface area contributed by atoms with Crippen molar-refractivity contribution < 1.29 is 28.6 Å². The van der Waals surface area contributed by atoms with E-state index in [1.54, 1.807) is 19.9 Å². The molecule has 4 rings (SSSR count).